The van der Waals surface area contributed by atoms with E-state index in [4.69, 9.17) is 0 Å². The number of hydrogen-bond acceptors (Lipinski definition) is 1. The Labute approximate surface area is 54.8 Å². The first-order valence-corrected chi connectivity index (χ1v) is 14.9. The third-order valence-electron chi connectivity index (χ3n) is 0.204. The van der Waals surface area contributed by atoms with Crippen LogP contribution in [0.15, 0.2) is 0 Å². The molecule has 0 heterocycles. The number of rotatable bonds is 2. The summed E-state index contributed by atoms with van der Waals surface area (Å²) in [5, 5.41) is 0. The minimum atomic E-state index is 0.198. The zero-order valence-electron chi connectivity index (χ0n) is 3.41. The van der Waals surface area contributed by atoms with Crippen molar-refractivity contribution in [3.05, 3.63) is 0 Å². The van der Waals surface area contributed by atoms with Gasteiger partial charge in [-0.2, -0.15) is 0 Å². The molecule has 0 N–H and O–H groups in total. The molecule has 0 aromatic rings. The van der Waals surface area contributed by atoms with Crippen LogP contribution in [0.3, 0.4) is 0 Å². The van der Waals surface area contributed by atoms with Crippen LogP contribution in [0.5, 0.6) is 0 Å². The molecule has 0 aromatic carbocycles. The van der Waals surface area contributed by atoms with E-state index < -0.39 is 0 Å². The van der Waals surface area contributed by atoms with Crippen LogP contribution in [0.25, 0.3) is 0 Å². The molecule has 0 bridgehead atoms. The quantitative estimate of drug-likeness (QED) is 0.687. The summed E-state index contributed by atoms with van der Waals surface area (Å²) in [7, 11) is 0. The molecule has 0 aromatic heterocycles. The standard InChI is InChI=1S/2CH3.S.2Sn/h2*1H3;;;. The Kier molecular flexibility index (Phi) is 8.26. The van der Waals surface area contributed by atoms with Crippen molar-refractivity contribution < 1.29 is 0 Å². The Morgan fingerprint density at radius 2 is 1.60 bits per heavy atom. The molecule has 0 atom stereocenters. The molecule has 28 valence electrons. The van der Waals surface area contributed by atoms with E-state index in [1.165, 1.54) is 0 Å². The van der Waals surface area contributed by atoms with E-state index in [1.54, 1.807) is 0 Å². The molecule has 5 heavy (non-hydrogen) atoms. The Morgan fingerprint density at radius 1 is 1.20 bits per heavy atom. The molecule has 0 aliphatic carbocycles. The van der Waals surface area contributed by atoms with Crippen LogP contribution in [0.2, 0.25) is 9.88 Å². The average molecular weight is 300 g/mol. The molecule has 0 nitrogen and oxygen atoms in total. The fourth-order valence-electron chi connectivity index (χ4n) is 0.102. The van der Waals surface area contributed by atoms with E-state index in [2.05, 4.69) is 16.0 Å². The minimum absolute atomic E-state index is 0.198. The Bertz CT molecular complexity index is 15.1. The van der Waals surface area contributed by atoms with E-state index in [0.717, 1.165) is 0 Å². The Morgan fingerprint density at radius 3 is 1.60 bits per heavy atom. The summed E-state index contributed by atoms with van der Waals surface area (Å²) in [5.41, 5.74) is 0. The molecule has 0 saturated heterocycles. The van der Waals surface area contributed by atoms with Gasteiger partial charge in [0.05, 0.1) is 0 Å². The van der Waals surface area contributed by atoms with Gasteiger partial charge in [-0.05, 0) is 0 Å². The van der Waals surface area contributed by atoms with Crippen molar-refractivity contribution in [3.63, 3.8) is 0 Å². The predicted molar refractivity (Wildman–Crippen MR) is 30.8 cm³/mol. The fourth-order valence-corrected chi connectivity index (χ4v) is 13.8. The summed E-state index contributed by atoms with van der Waals surface area (Å²) in [4.78, 5) is 4.77. The van der Waals surface area contributed by atoms with Gasteiger partial charge in [0, 0.05) is 0 Å². The van der Waals surface area contributed by atoms with Gasteiger partial charge in [0.2, 0.25) is 0 Å². The molecule has 0 fully saturated rings. The van der Waals surface area contributed by atoms with Crippen LogP contribution in [0.1, 0.15) is 0 Å². The van der Waals surface area contributed by atoms with E-state index in [0.29, 0.717) is 0 Å². The van der Waals surface area contributed by atoms with Crippen LogP contribution < -0.4 is 0 Å². The van der Waals surface area contributed by atoms with Crippen LogP contribution in [-0.2, 0) is 0 Å². The molecule has 0 spiro atoms. The summed E-state index contributed by atoms with van der Waals surface area (Å²) < 4.78 is 0. The van der Waals surface area contributed by atoms with Crippen LogP contribution >= 0.6 is 6.13 Å². The molecule has 0 aliphatic rings. The van der Waals surface area contributed by atoms with Gasteiger partial charge in [-0.1, -0.05) is 0 Å². The van der Waals surface area contributed by atoms with Crippen LogP contribution in [0.4, 0.5) is 0 Å². The second kappa shape index (κ2) is 5.95. The summed E-state index contributed by atoms with van der Waals surface area (Å²) in [6.45, 7) is 0. The molecular formula is C2H6SSn2. The first kappa shape index (κ1) is 6.95. The van der Waals surface area contributed by atoms with Gasteiger partial charge in [-0.25, -0.2) is 0 Å². The maximum absolute atomic E-state index is 2.39. The van der Waals surface area contributed by atoms with Gasteiger partial charge in [-0.15, -0.1) is 0 Å². The van der Waals surface area contributed by atoms with Gasteiger partial charge in [-0.3, -0.25) is 0 Å². The summed E-state index contributed by atoms with van der Waals surface area (Å²) in [6, 6.07) is 0. The van der Waals surface area contributed by atoms with Crippen LogP contribution in [0, 0.1) is 0 Å². The molecule has 0 unspecified atom stereocenters. The first-order chi connectivity index (χ1) is 2.41. The third kappa shape index (κ3) is 5.95. The Balaban J connectivity index is 2.19. The second-order valence-electron chi connectivity index (χ2n) is 0.510. The molecule has 0 aliphatic heterocycles. The molecule has 3 heteroatoms. The van der Waals surface area contributed by atoms with E-state index in [9.17, 15) is 0 Å². The van der Waals surface area contributed by atoms with Gasteiger partial charge in [0.25, 0.3) is 0 Å². The monoisotopic (exact) mass is 302 g/mol. The van der Waals surface area contributed by atoms with E-state index in [1.807, 2.05) is 0 Å². The van der Waals surface area contributed by atoms with E-state index in [-0.39, 0.29) is 39.5 Å². The molecule has 0 saturated carbocycles. The topological polar surface area (TPSA) is 0 Å². The van der Waals surface area contributed by atoms with Crippen molar-refractivity contribution in [1.82, 2.24) is 0 Å². The zero-order valence-corrected chi connectivity index (χ0v) is 9.93. The third-order valence-corrected chi connectivity index (χ3v) is 27.6. The van der Waals surface area contributed by atoms with Gasteiger partial charge >= 0.3 is 55.5 Å². The van der Waals surface area contributed by atoms with E-state index >= 15 is 0 Å². The SMILES string of the molecule is [CH3][Sn][S][Sn][CH3]. The molecule has 0 rings (SSSR count). The van der Waals surface area contributed by atoms with Crippen molar-refractivity contribution in [2.24, 2.45) is 0 Å². The van der Waals surface area contributed by atoms with Crippen molar-refractivity contribution in [2.45, 2.75) is 9.88 Å². The van der Waals surface area contributed by atoms with Crippen molar-refractivity contribution in [3.8, 4) is 0 Å². The van der Waals surface area contributed by atoms with Gasteiger partial charge in [0.15, 0.2) is 0 Å². The maximum atomic E-state index is 2.39. The molecular weight excluding hydrogens is 294 g/mol. The van der Waals surface area contributed by atoms with Crippen LogP contribution in [-0.4, -0.2) is 39.5 Å². The average Bonchev–Trinajstić information content (AvgIpc) is 1.41. The summed E-state index contributed by atoms with van der Waals surface area (Å²) >= 11 is 0.396. The predicted octanol–water partition coefficient (Wildman–Crippen LogP) is 1.05. The number of hydrogen-bond donors (Lipinski definition) is 0. The summed E-state index contributed by atoms with van der Waals surface area (Å²) in [5.74, 6) is 0. The van der Waals surface area contributed by atoms with Crippen molar-refractivity contribution >= 4 is 45.6 Å². The normalized spacial score (nSPS) is 8.40. The van der Waals surface area contributed by atoms with Gasteiger partial charge < -0.3 is 0 Å². The zero-order chi connectivity index (χ0) is 4.12. The van der Waals surface area contributed by atoms with Crippen molar-refractivity contribution in [2.75, 3.05) is 0 Å². The fraction of sp³-hybridized carbons (Fsp3) is 1.00. The van der Waals surface area contributed by atoms with Gasteiger partial charge in [0.1, 0.15) is 0 Å². The second-order valence-corrected chi connectivity index (χ2v) is 22.0. The molecule has 4 radical (unpaired) electrons. The Hall–Kier alpha value is 1.95. The first-order valence-electron chi connectivity index (χ1n) is 1.41. The van der Waals surface area contributed by atoms with Crippen molar-refractivity contribution in [1.29, 1.82) is 0 Å². The summed E-state index contributed by atoms with van der Waals surface area (Å²) in [6.07, 6.45) is 2.30. The molecule has 0 amide bonds.